The Morgan fingerprint density at radius 1 is 0.929 bits per heavy atom. The van der Waals surface area contributed by atoms with Crippen molar-refractivity contribution >= 4 is 8.41 Å². The van der Waals surface area contributed by atoms with Crippen molar-refractivity contribution in [3.05, 3.63) is 35.9 Å². The average Bonchev–Trinajstić information content (AvgIpc) is 1.88. The molecule has 0 spiro atoms. The second-order valence-electron chi connectivity index (χ2n) is 3.09. The number of rotatable bonds is 1. The van der Waals surface area contributed by atoms with Crippen LogP contribution in [0.4, 0.5) is 14.1 Å². The van der Waals surface area contributed by atoms with Crippen molar-refractivity contribution < 1.29 is 14.1 Å². The monoisotopic (exact) mass is 206 g/mol. The molecule has 0 heterocycles. The van der Waals surface area contributed by atoms with Gasteiger partial charge in [0.1, 0.15) is 0 Å². The molecule has 0 aliphatic heterocycles. The van der Waals surface area contributed by atoms with Crippen LogP contribution in [0.1, 0.15) is 19.4 Å². The van der Waals surface area contributed by atoms with Gasteiger partial charge in [0, 0.05) is 14.0 Å². The number of benzene rings is 1. The SMILES string of the molecule is CC(C)(N)c1ccccc1.F.F.F.[B]. The van der Waals surface area contributed by atoms with Crippen molar-refractivity contribution in [1.29, 1.82) is 0 Å². The Bertz CT molecular complexity index is 211. The van der Waals surface area contributed by atoms with Crippen LogP contribution in [0, 0.1) is 0 Å². The van der Waals surface area contributed by atoms with Gasteiger partial charge in [0.15, 0.2) is 0 Å². The van der Waals surface area contributed by atoms with Gasteiger partial charge in [0.25, 0.3) is 0 Å². The average molecular weight is 206 g/mol. The number of nitrogens with two attached hydrogens (primary N) is 1. The Kier molecular flexibility index (Phi) is 14.2. The summed E-state index contributed by atoms with van der Waals surface area (Å²) in [6, 6.07) is 10.1. The summed E-state index contributed by atoms with van der Waals surface area (Å²) in [5, 5.41) is 0. The van der Waals surface area contributed by atoms with Gasteiger partial charge in [-0.2, -0.15) is 0 Å². The highest BCUT2D eigenvalue weighted by Gasteiger charge is 2.11. The Hall–Kier alpha value is -0.965. The minimum absolute atomic E-state index is 0. The molecule has 0 amide bonds. The van der Waals surface area contributed by atoms with E-state index in [1.165, 1.54) is 5.56 Å². The first-order valence-electron chi connectivity index (χ1n) is 3.45. The maximum atomic E-state index is 5.86. The van der Waals surface area contributed by atoms with Gasteiger partial charge in [-0.05, 0) is 19.4 Å². The van der Waals surface area contributed by atoms with E-state index >= 15 is 0 Å². The first kappa shape index (κ1) is 23.1. The van der Waals surface area contributed by atoms with Crippen molar-refractivity contribution in [3.63, 3.8) is 0 Å². The lowest BCUT2D eigenvalue weighted by atomic mass is 9.96. The third kappa shape index (κ3) is 6.54. The Morgan fingerprint density at radius 3 is 1.50 bits per heavy atom. The molecule has 1 aromatic carbocycles. The molecule has 0 aromatic heterocycles. The molecule has 0 saturated heterocycles. The zero-order chi connectivity index (χ0) is 7.61. The van der Waals surface area contributed by atoms with E-state index in [1.807, 2.05) is 44.2 Å². The first-order valence-corrected chi connectivity index (χ1v) is 3.45. The summed E-state index contributed by atoms with van der Waals surface area (Å²) >= 11 is 0. The Morgan fingerprint density at radius 2 is 1.29 bits per heavy atom. The van der Waals surface area contributed by atoms with E-state index < -0.39 is 0 Å². The zero-order valence-electron chi connectivity index (χ0n) is 8.27. The number of halogens is 3. The summed E-state index contributed by atoms with van der Waals surface area (Å²) in [7, 11) is 0. The van der Waals surface area contributed by atoms with Crippen LogP contribution in [-0.4, -0.2) is 8.41 Å². The fourth-order valence-electron chi connectivity index (χ4n) is 0.868. The van der Waals surface area contributed by atoms with E-state index in [4.69, 9.17) is 5.73 Å². The minimum Gasteiger partial charge on any atom is -0.322 e. The number of hydrogen-bond donors (Lipinski definition) is 1. The summed E-state index contributed by atoms with van der Waals surface area (Å²) in [4.78, 5) is 0. The van der Waals surface area contributed by atoms with E-state index in [2.05, 4.69) is 0 Å². The van der Waals surface area contributed by atoms with E-state index in [1.54, 1.807) is 0 Å². The molecule has 14 heavy (non-hydrogen) atoms. The summed E-state index contributed by atoms with van der Waals surface area (Å²) < 4.78 is 0. The fourth-order valence-corrected chi connectivity index (χ4v) is 0.868. The normalized spacial score (nSPS) is 8.21. The van der Waals surface area contributed by atoms with Crippen molar-refractivity contribution in [3.8, 4) is 0 Å². The zero-order valence-corrected chi connectivity index (χ0v) is 8.27. The molecule has 0 atom stereocenters. The molecule has 1 aromatic rings. The van der Waals surface area contributed by atoms with Crippen LogP contribution in [0.2, 0.25) is 0 Å². The second kappa shape index (κ2) is 8.63. The van der Waals surface area contributed by atoms with Crippen LogP contribution < -0.4 is 5.73 Å². The van der Waals surface area contributed by atoms with Crippen molar-refractivity contribution in [2.45, 2.75) is 19.4 Å². The maximum absolute atomic E-state index is 5.86. The predicted molar refractivity (Wildman–Crippen MR) is 56.9 cm³/mol. The lowest BCUT2D eigenvalue weighted by Crippen LogP contribution is -2.28. The summed E-state index contributed by atoms with van der Waals surface area (Å²) in [5.74, 6) is 0. The van der Waals surface area contributed by atoms with Gasteiger partial charge in [-0.15, -0.1) is 0 Å². The highest BCUT2D eigenvalue weighted by molar-refractivity contribution is 5.75. The van der Waals surface area contributed by atoms with Crippen LogP contribution in [-0.2, 0) is 5.54 Å². The Labute approximate surface area is 84.4 Å². The van der Waals surface area contributed by atoms with Gasteiger partial charge in [-0.1, -0.05) is 30.3 Å². The maximum Gasteiger partial charge on any atom is 0.0352 e. The molecule has 3 radical (unpaired) electrons. The molecule has 0 aliphatic carbocycles. The van der Waals surface area contributed by atoms with Gasteiger partial charge < -0.3 is 5.73 Å². The predicted octanol–water partition coefficient (Wildman–Crippen LogP) is 1.96. The standard InChI is InChI=1S/C9H13N.B.3FH/c1-9(2,10)8-6-4-3-5-7-8;;;;/h3-7H,10H2,1-2H3;;3*1H. The Balaban J connectivity index is -0.000000125. The highest BCUT2D eigenvalue weighted by atomic mass is 19.0. The topological polar surface area (TPSA) is 26.0 Å². The smallest absolute Gasteiger partial charge is 0.0352 e. The highest BCUT2D eigenvalue weighted by Crippen LogP contribution is 2.14. The summed E-state index contributed by atoms with van der Waals surface area (Å²) in [6.07, 6.45) is 0. The molecular formula is C9H16BF3N. The summed E-state index contributed by atoms with van der Waals surface area (Å²) in [6.45, 7) is 4.00. The van der Waals surface area contributed by atoms with Crippen LogP contribution in [0.15, 0.2) is 30.3 Å². The van der Waals surface area contributed by atoms with E-state index in [9.17, 15) is 0 Å². The fraction of sp³-hybridized carbons (Fsp3) is 0.333. The molecule has 81 valence electrons. The number of hydrogen-bond acceptors (Lipinski definition) is 1. The van der Waals surface area contributed by atoms with Crippen molar-refractivity contribution in [2.24, 2.45) is 5.73 Å². The van der Waals surface area contributed by atoms with E-state index in [0.29, 0.717) is 0 Å². The van der Waals surface area contributed by atoms with Crippen LogP contribution in [0.25, 0.3) is 0 Å². The van der Waals surface area contributed by atoms with Crippen LogP contribution in [0.3, 0.4) is 0 Å². The third-order valence-electron chi connectivity index (χ3n) is 1.52. The van der Waals surface area contributed by atoms with Crippen LogP contribution >= 0.6 is 0 Å². The summed E-state index contributed by atoms with van der Waals surface area (Å²) in [5.41, 5.74) is 6.83. The van der Waals surface area contributed by atoms with Gasteiger partial charge in [-0.25, -0.2) is 0 Å². The van der Waals surface area contributed by atoms with Gasteiger partial charge in [-0.3, -0.25) is 14.1 Å². The molecule has 0 unspecified atom stereocenters. The van der Waals surface area contributed by atoms with Crippen LogP contribution in [0.5, 0.6) is 0 Å². The van der Waals surface area contributed by atoms with E-state index in [-0.39, 0.29) is 28.1 Å². The third-order valence-corrected chi connectivity index (χ3v) is 1.52. The van der Waals surface area contributed by atoms with Gasteiger partial charge in [0.05, 0.1) is 0 Å². The molecular weight excluding hydrogens is 190 g/mol. The minimum atomic E-state index is -0.207. The largest absolute Gasteiger partial charge is 0.322 e. The molecule has 0 bridgehead atoms. The second-order valence-corrected chi connectivity index (χ2v) is 3.09. The van der Waals surface area contributed by atoms with Crippen molar-refractivity contribution in [2.75, 3.05) is 0 Å². The quantitative estimate of drug-likeness (QED) is 0.698. The molecule has 0 saturated carbocycles. The van der Waals surface area contributed by atoms with Gasteiger partial charge in [0.2, 0.25) is 0 Å². The lowest BCUT2D eigenvalue weighted by molar-refractivity contribution is 0.554. The van der Waals surface area contributed by atoms with Crippen molar-refractivity contribution in [1.82, 2.24) is 0 Å². The molecule has 0 fully saturated rings. The molecule has 0 aliphatic rings. The van der Waals surface area contributed by atoms with Gasteiger partial charge >= 0.3 is 0 Å². The molecule has 5 heteroatoms. The first-order chi connectivity index (χ1) is 4.61. The molecule has 2 N–H and O–H groups in total. The molecule has 1 nitrogen and oxygen atoms in total. The molecule has 1 rings (SSSR count). The van der Waals surface area contributed by atoms with E-state index in [0.717, 1.165) is 0 Å². The lowest BCUT2D eigenvalue weighted by Gasteiger charge is -2.18.